The Bertz CT molecular complexity index is 967. The molecule has 1 saturated heterocycles. The summed E-state index contributed by atoms with van der Waals surface area (Å²) < 4.78 is 7.20. The molecule has 0 spiro atoms. The summed E-state index contributed by atoms with van der Waals surface area (Å²) in [5, 5.41) is 14.5. The minimum Gasteiger partial charge on any atom is -0.391 e. The van der Waals surface area contributed by atoms with Gasteiger partial charge in [0.2, 0.25) is 5.91 Å². The third-order valence-electron chi connectivity index (χ3n) is 6.38. The van der Waals surface area contributed by atoms with E-state index in [1.54, 1.807) is 12.3 Å². The number of rotatable bonds is 4. The number of hydrogen-bond acceptors (Lipinski definition) is 5. The van der Waals surface area contributed by atoms with Crippen LogP contribution in [0.1, 0.15) is 31.1 Å². The lowest BCUT2D eigenvalue weighted by Crippen LogP contribution is -2.36. The van der Waals surface area contributed by atoms with Crippen molar-refractivity contribution in [1.29, 1.82) is 0 Å². The van der Waals surface area contributed by atoms with Crippen molar-refractivity contribution in [3.05, 3.63) is 48.6 Å². The molecule has 7 heteroatoms. The van der Waals surface area contributed by atoms with Gasteiger partial charge < -0.3 is 19.1 Å². The van der Waals surface area contributed by atoms with E-state index >= 15 is 0 Å². The van der Waals surface area contributed by atoms with E-state index in [2.05, 4.69) is 20.8 Å². The molecular weight excluding hydrogens is 356 g/mol. The average molecular weight is 380 g/mol. The van der Waals surface area contributed by atoms with Crippen molar-refractivity contribution in [3.8, 4) is 0 Å². The van der Waals surface area contributed by atoms with Crippen molar-refractivity contribution in [2.75, 3.05) is 13.1 Å². The first-order valence-corrected chi connectivity index (χ1v) is 9.96. The Hall–Kier alpha value is -2.67. The highest BCUT2D eigenvalue weighted by Crippen LogP contribution is 2.42. The number of aryl methyl sites for hydroxylation is 1. The van der Waals surface area contributed by atoms with Crippen LogP contribution in [0.15, 0.2) is 47.4 Å². The summed E-state index contributed by atoms with van der Waals surface area (Å²) >= 11 is 0. The molecule has 4 atom stereocenters. The first-order chi connectivity index (χ1) is 13.7. The lowest BCUT2D eigenvalue weighted by Gasteiger charge is -2.36. The molecule has 0 bridgehead atoms. The Labute approximate surface area is 162 Å². The molecule has 3 heterocycles. The standard InChI is InChI=1S/C21H24N4O3/c26-20-10-15-12-24(21(27)6-5-16-7-8-23-28-16)11-14(15)9-19(20)25-13-22-17-3-1-2-4-18(17)25/h1-4,7-8,13-15,19-20,26H,5-6,9-12H2/t14-,15+,19-,20-/m1/s1. The molecule has 7 nitrogen and oxygen atoms in total. The first kappa shape index (κ1) is 17.4. The zero-order valence-electron chi connectivity index (χ0n) is 15.6. The maximum Gasteiger partial charge on any atom is 0.223 e. The van der Waals surface area contributed by atoms with Gasteiger partial charge in [0.25, 0.3) is 0 Å². The van der Waals surface area contributed by atoms with Crippen LogP contribution in [-0.2, 0) is 11.2 Å². The van der Waals surface area contributed by atoms with Gasteiger partial charge in [-0.1, -0.05) is 17.3 Å². The van der Waals surface area contributed by atoms with Crippen LogP contribution < -0.4 is 0 Å². The normalized spacial score (nSPS) is 27.2. The highest BCUT2D eigenvalue weighted by molar-refractivity contribution is 5.77. The predicted octanol–water partition coefficient (Wildman–Crippen LogP) is 2.43. The molecule has 1 aliphatic heterocycles. The van der Waals surface area contributed by atoms with Crippen LogP contribution in [-0.4, -0.2) is 49.8 Å². The maximum absolute atomic E-state index is 12.6. The molecule has 2 aliphatic rings. The van der Waals surface area contributed by atoms with Gasteiger partial charge in [-0.15, -0.1) is 0 Å². The molecule has 1 aromatic carbocycles. The summed E-state index contributed by atoms with van der Waals surface area (Å²) in [6, 6.07) is 9.84. The quantitative estimate of drug-likeness (QED) is 0.751. The van der Waals surface area contributed by atoms with E-state index in [1.165, 1.54) is 0 Å². The van der Waals surface area contributed by atoms with E-state index in [4.69, 9.17) is 4.52 Å². The molecule has 3 aromatic rings. The van der Waals surface area contributed by atoms with Gasteiger partial charge in [0.05, 0.1) is 35.7 Å². The SMILES string of the molecule is O=C(CCc1ccno1)N1C[C@H]2C[C@@H](n3cnc4ccccc43)[C@H](O)C[C@H]2C1. The number of carbonyl (C=O) groups excluding carboxylic acids is 1. The fourth-order valence-corrected chi connectivity index (χ4v) is 4.91. The summed E-state index contributed by atoms with van der Waals surface area (Å²) in [5.74, 6) is 1.69. The summed E-state index contributed by atoms with van der Waals surface area (Å²) in [7, 11) is 0. The third kappa shape index (κ3) is 3.09. The van der Waals surface area contributed by atoms with Crippen LogP contribution in [0.25, 0.3) is 11.0 Å². The molecule has 0 unspecified atom stereocenters. The summed E-state index contributed by atoms with van der Waals surface area (Å²) in [5.41, 5.74) is 2.01. The number of nitrogens with zero attached hydrogens (tertiary/aromatic N) is 4. The molecule has 1 N–H and O–H groups in total. The van der Waals surface area contributed by atoms with E-state index < -0.39 is 6.10 Å². The largest absolute Gasteiger partial charge is 0.391 e. The van der Waals surface area contributed by atoms with Gasteiger partial charge in [0.1, 0.15) is 5.76 Å². The van der Waals surface area contributed by atoms with Gasteiger partial charge >= 0.3 is 0 Å². The minimum atomic E-state index is -0.414. The van der Waals surface area contributed by atoms with Crippen LogP contribution in [0.2, 0.25) is 0 Å². The second-order valence-corrected chi connectivity index (χ2v) is 8.04. The number of para-hydroxylation sites is 2. The Morgan fingerprint density at radius 1 is 1.18 bits per heavy atom. The highest BCUT2D eigenvalue weighted by atomic mass is 16.5. The van der Waals surface area contributed by atoms with Crippen LogP contribution >= 0.6 is 0 Å². The number of hydrogen-bond donors (Lipinski definition) is 1. The topological polar surface area (TPSA) is 84.4 Å². The van der Waals surface area contributed by atoms with Crippen molar-refractivity contribution in [2.24, 2.45) is 11.8 Å². The summed E-state index contributed by atoms with van der Waals surface area (Å²) in [6.45, 7) is 1.52. The second kappa shape index (κ2) is 7.05. The number of imidazole rings is 1. The lowest BCUT2D eigenvalue weighted by molar-refractivity contribution is -0.130. The minimum absolute atomic E-state index is 0.0119. The smallest absolute Gasteiger partial charge is 0.223 e. The van der Waals surface area contributed by atoms with Crippen molar-refractivity contribution < 1.29 is 14.4 Å². The molecule has 5 rings (SSSR count). The highest BCUT2D eigenvalue weighted by Gasteiger charge is 2.43. The summed E-state index contributed by atoms with van der Waals surface area (Å²) in [6.07, 6.45) is 5.65. The van der Waals surface area contributed by atoms with E-state index in [9.17, 15) is 9.90 Å². The van der Waals surface area contributed by atoms with E-state index in [0.29, 0.717) is 24.7 Å². The number of aromatic nitrogens is 3. The van der Waals surface area contributed by atoms with Gasteiger partial charge in [-0.2, -0.15) is 0 Å². The first-order valence-electron chi connectivity index (χ1n) is 9.96. The number of amides is 1. The molecule has 1 saturated carbocycles. The number of benzene rings is 1. The Balaban J connectivity index is 1.27. The molecule has 28 heavy (non-hydrogen) atoms. The summed E-state index contributed by atoms with van der Waals surface area (Å²) in [4.78, 5) is 19.1. The molecule has 2 aromatic heterocycles. The number of fused-ring (bicyclic) bond motifs is 2. The van der Waals surface area contributed by atoms with Gasteiger partial charge in [-0.3, -0.25) is 4.79 Å². The molecule has 1 amide bonds. The van der Waals surface area contributed by atoms with Crippen molar-refractivity contribution in [3.63, 3.8) is 0 Å². The Morgan fingerprint density at radius 2 is 2.00 bits per heavy atom. The number of aliphatic hydroxyl groups is 1. The van der Waals surface area contributed by atoms with Gasteiger partial charge in [0.15, 0.2) is 0 Å². The molecule has 0 radical (unpaired) electrons. The van der Waals surface area contributed by atoms with Crippen LogP contribution in [0.3, 0.4) is 0 Å². The molecule has 146 valence electrons. The maximum atomic E-state index is 12.6. The zero-order valence-corrected chi connectivity index (χ0v) is 15.6. The molecule has 2 fully saturated rings. The van der Waals surface area contributed by atoms with E-state index in [0.717, 1.165) is 42.7 Å². The third-order valence-corrected chi connectivity index (χ3v) is 6.38. The van der Waals surface area contributed by atoms with Crippen molar-refractivity contribution in [2.45, 2.75) is 37.8 Å². The average Bonchev–Trinajstić information content (AvgIpc) is 3.44. The van der Waals surface area contributed by atoms with Gasteiger partial charge in [-0.25, -0.2) is 4.98 Å². The monoisotopic (exact) mass is 380 g/mol. The molecular formula is C21H24N4O3. The number of likely N-dealkylation sites (tertiary alicyclic amines) is 1. The number of carbonyl (C=O) groups is 1. The van der Waals surface area contributed by atoms with Gasteiger partial charge in [0, 0.05) is 32.0 Å². The number of aliphatic hydroxyl groups excluding tert-OH is 1. The van der Waals surface area contributed by atoms with Crippen molar-refractivity contribution in [1.82, 2.24) is 19.6 Å². The Kier molecular flexibility index (Phi) is 4.39. The predicted molar refractivity (Wildman–Crippen MR) is 102 cm³/mol. The van der Waals surface area contributed by atoms with E-state index in [1.807, 2.05) is 29.4 Å². The van der Waals surface area contributed by atoms with Crippen LogP contribution in [0.4, 0.5) is 0 Å². The van der Waals surface area contributed by atoms with Gasteiger partial charge in [-0.05, 0) is 36.8 Å². The van der Waals surface area contributed by atoms with Crippen LogP contribution in [0.5, 0.6) is 0 Å². The van der Waals surface area contributed by atoms with Crippen molar-refractivity contribution >= 4 is 16.9 Å². The van der Waals surface area contributed by atoms with E-state index in [-0.39, 0.29) is 11.9 Å². The lowest BCUT2D eigenvalue weighted by atomic mass is 9.77. The second-order valence-electron chi connectivity index (χ2n) is 8.04. The zero-order chi connectivity index (χ0) is 19.1. The Morgan fingerprint density at radius 3 is 2.82 bits per heavy atom. The molecule has 1 aliphatic carbocycles. The van der Waals surface area contributed by atoms with Crippen LogP contribution in [0, 0.1) is 11.8 Å². The fourth-order valence-electron chi connectivity index (χ4n) is 4.91. The fraction of sp³-hybridized carbons (Fsp3) is 0.476.